The molecule has 0 amide bonds. The Bertz CT molecular complexity index is 2370. The molecule has 0 saturated heterocycles. The molecule has 0 saturated carbocycles. The van der Waals surface area contributed by atoms with Crippen molar-refractivity contribution in [1.29, 1.82) is 15.8 Å². The summed E-state index contributed by atoms with van der Waals surface area (Å²) in [6, 6.07) is 39.1. The molecule has 0 aliphatic carbocycles. The van der Waals surface area contributed by atoms with Gasteiger partial charge in [-0.2, -0.15) is 15.8 Å². The van der Waals surface area contributed by atoms with Gasteiger partial charge in [-0.15, -0.1) is 0 Å². The van der Waals surface area contributed by atoms with Crippen LogP contribution >= 0.6 is 0 Å². The molecular formula is C42H32B3N3O10. The molecule has 0 aliphatic heterocycles. The molecule has 284 valence electrons. The molecule has 0 radical (unpaired) electrons. The van der Waals surface area contributed by atoms with Gasteiger partial charge in [0, 0.05) is 0 Å². The summed E-state index contributed by atoms with van der Waals surface area (Å²) < 4.78 is 29.8. The van der Waals surface area contributed by atoms with Crippen LogP contribution in [0.2, 0.25) is 0 Å². The minimum atomic E-state index is -1.76. The summed E-state index contributed by atoms with van der Waals surface area (Å²) in [6.45, 7) is -1.58. The number of benzene rings is 6. The van der Waals surface area contributed by atoms with Gasteiger partial charge in [0.25, 0.3) is 0 Å². The number of nitrogens with zero attached hydrogens (tertiary/aromatic N) is 3. The van der Waals surface area contributed by atoms with Crippen LogP contribution in [-0.4, -0.2) is 46.7 Å². The first-order chi connectivity index (χ1) is 28.2. The highest BCUT2D eigenvalue weighted by Gasteiger charge is 2.36. The highest BCUT2D eigenvalue weighted by Crippen LogP contribution is 2.26. The van der Waals surface area contributed by atoms with Gasteiger partial charge in [-0.25, -0.2) is 0 Å². The molecule has 0 atom stereocenters. The molecular weight excluding hydrogens is 739 g/mol. The van der Waals surface area contributed by atoms with E-state index >= 15 is 0 Å². The van der Waals surface area contributed by atoms with E-state index in [9.17, 15) is 25.4 Å². The summed E-state index contributed by atoms with van der Waals surface area (Å²) in [5.41, 5.74) is 2.58. The van der Waals surface area contributed by atoms with Gasteiger partial charge in [-0.3, -0.25) is 0 Å². The predicted molar refractivity (Wildman–Crippen MR) is 214 cm³/mol. The molecule has 6 aromatic carbocycles. The van der Waals surface area contributed by atoms with Crippen LogP contribution in [0.1, 0.15) is 33.4 Å². The van der Waals surface area contributed by atoms with Gasteiger partial charge in [-0.1, -0.05) is 18.2 Å². The Morgan fingerprint density at radius 1 is 0.397 bits per heavy atom. The Kier molecular flexibility index (Phi) is 13.6. The average molecular weight is 771 g/mol. The molecule has 16 heteroatoms. The molecule has 5 N–H and O–H groups in total. The third kappa shape index (κ3) is 10.1. The molecule has 0 bridgehead atoms. The molecule has 6 rings (SSSR count). The maximum atomic E-state index is 11.5. The van der Waals surface area contributed by atoms with Crippen LogP contribution in [0.3, 0.4) is 0 Å². The summed E-state index contributed by atoms with van der Waals surface area (Å²) in [4.78, 5) is 0. The molecule has 58 heavy (non-hydrogen) atoms. The molecule has 0 unspecified atom stereocenters. The molecule has 13 nitrogen and oxygen atoms in total. The topological polar surface area (TPSA) is 219 Å². The van der Waals surface area contributed by atoms with Crippen molar-refractivity contribution in [2.75, 3.05) is 0 Å². The van der Waals surface area contributed by atoms with E-state index in [2.05, 4.69) is 0 Å². The third-order valence-corrected chi connectivity index (χ3v) is 8.80. The smallest absolute Gasteiger partial charge is 0.457 e. The lowest BCUT2D eigenvalue weighted by atomic mass is 9.65. The Morgan fingerprint density at radius 3 is 0.966 bits per heavy atom. The van der Waals surface area contributed by atoms with E-state index in [1.54, 1.807) is 91.0 Å². The van der Waals surface area contributed by atoms with Crippen molar-refractivity contribution in [3.05, 3.63) is 161 Å². The molecule has 0 spiro atoms. The fourth-order valence-electron chi connectivity index (χ4n) is 5.82. The van der Waals surface area contributed by atoms with Crippen LogP contribution < -0.4 is 30.6 Å². The van der Waals surface area contributed by atoms with Gasteiger partial charge in [-0.05, 0) is 142 Å². The minimum Gasteiger partial charge on any atom is -0.457 e. The monoisotopic (exact) mass is 771 g/mol. The van der Waals surface area contributed by atoms with Crippen molar-refractivity contribution < 1.29 is 48.7 Å². The van der Waals surface area contributed by atoms with Gasteiger partial charge in [0.2, 0.25) is 0 Å². The normalized spacial score (nSPS) is 10.4. The predicted octanol–water partition coefficient (Wildman–Crippen LogP) is 3.66. The van der Waals surface area contributed by atoms with Gasteiger partial charge in [0.05, 0.1) is 54.7 Å². The van der Waals surface area contributed by atoms with Crippen LogP contribution in [-0.2, 0) is 29.0 Å². The highest BCUT2D eigenvalue weighted by atomic mass is 16.6. The summed E-state index contributed by atoms with van der Waals surface area (Å²) in [5, 5.41) is 81.4. The second kappa shape index (κ2) is 19.3. The van der Waals surface area contributed by atoms with Gasteiger partial charge < -0.3 is 48.7 Å². The Labute approximate surface area is 334 Å². The van der Waals surface area contributed by atoms with Gasteiger partial charge >= 0.3 is 21.4 Å². The molecule has 6 aromatic rings. The van der Waals surface area contributed by atoms with Crippen molar-refractivity contribution in [3.63, 3.8) is 0 Å². The number of rotatable bonds is 16. The van der Waals surface area contributed by atoms with Crippen LogP contribution in [0.25, 0.3) is 0 Å². The zero-order valence-electron chi connectivity index (χ0n) is 30.6. The van der Waals surface area contributed by atoms with E-state index in [1.165, 1.54) is 36.4 Å². The quantitative estimate of drug-likeness (QED) is 0.0889. The molecule has 0 aliphatic rings. The van der Waals surface area contributed by atoms with Crippen LogP contribution in [0.4, 0.5) is 0 Å². The third-order valence-electron chi connectivity index (χ3n) is 8.80. The largest absolute Gasteiger partial charge is 0.478 e. The Morgan fingerprint density at radius 2 is 0.672 bits per heavy atom. The number of aliphatic hydroxyl groups excluding tert-OH is 3. The summed E-state index contributed by atoms with van der Waals surface area (Å²) in [5.74, 6) is 2.28. The fraction of sp³-hybridized carbons (Fsp3) is 0.0714. The number of hydrogen-bond donors (Lipinski definition) is 5. The average Bonchev–Trinajstić information content (AvgIpc) is 3.26. The SMILES string of the molecule is N#Cc1ccc(Oc2ccc(B(O)OB(OB(O)c3ccc(Oc4ccc(C#N)cc4)cc3CO)c3ccc(Oc4ccc(C#N)cc4)cc3CO)c(CO)c2)cc1. The molecule has 0 fully saturated rings. The van der Waals surface area contributed by atoms with E-state index in [1.807, 2.05) is 18.2 Å². The van der Waals surface area contributed by atoms with Crippen molar-refractivity contribution in [2.45, 2.75) is 19.8 Å². The zero-order chi connectivity index (χ0) is 41.0. The minimum absolute atomic E-state index is 0.143. The van der Waals surface area contributed by atoms with Gasteiger partial charge in [0.1, 0.15) is 34.5 Å². The first kappa shape index (κ1) is 40.8. The first-order valence-corrected chi connectivity index (χ1v) is 17.7. The van der Waals surface area contributed by atoms with E-state index in [0.717, 1.165) is 0 Å². The zero-order valence-corrected chi connectivity index (χ0v) is 30.6. The summed E-state index contributed by atoms with van der Waals surface area (Å²) >= 11 is 0. The second-order valence-electron chi connectivity index (χ2n) is 12.6. The summed E-state index contributed by atoms with van der Waals surface area (Å²) in [6.07, 6.45) is 0. The maximum Gasteiger partial charge on any atom is 0.478 e. The standard InChI is InChI=1S/C42H32B3N3O10/c46-22-28-1-7-34(8-2-28)54-37-13-16-40(31(19-37)25-49)43(52)57-45(42-18-15-39(21-33(42)27-51)56-36-11-5-30(24-48)6-12-36)58-44(53)41-17-14-38(20-32(41)26-50)55-35-9-3-29(23-47)4-10-35/h1-21,49-53H,25-27H2. The van der Waals surface area contributed by atoms with Gasteiger partial charge in [0.15, 0.2) is 0 Å². The molecule has 0 aromatic heterocycles. The number of hydrogen-bond acceptors (Lipinski definition) is 13. The van der Waals surface area contributed by atoms with Crippen LogP contribution in [0.5, 0.6) is 34.5 Å². The van der Waals surface area contributed by atoms with E-state index in [0.29, 0.717) is 51.2 Å². The Hall–Kier alpha value is -6.90. The number of aliphatic hydroxyl groups is 3. The van der Waals surface area contributed by atoms with Crippen LogP contribution in [0, 0.1) is 34.0 Å². The van der Waals surface area contributed by atoms with E-state index in [4.69, 9.17) is 39.1 Å². The number of ether oxygens (including phenoxy) is 3. The summed E-state index contributed by atoms with van der Waals surface area (Å²) in [7, 11) is -5.09. The fourth-order valence-corrected chi connectivity index (χ4v) is 5.82. The maximum absolute atomic E-state index is 11.5. The van der Waals surface area contributed by atoms with Crippen molar-refractivity contribution in [1.82, 2.24) is 0 Å². The lowest BCUT2D eigenvalue weighted by molar-refractivity contribution is 0.280. The lowest BCUT2D eigenvalue weighted by Crippen LogP contribution is -2.53. The molecule has 0 heterocycles. The second-order valence-corrected chi connectivity index (χ2v) is 12.6. The van der Waals surface area contributed by atoms with E-state index < -0.39 is 41.2 Å². The van der Waals surface area contributed by atoms with Crippen molar-refractivity contribution in [3.8, 4) is 52.7 Å². The lowest BCUT2D eigenvalue weighted by Gasteiger charge is -2.23. The van der Waals surface area contributed by atoms with Crippen molar-refractivity contribution in [2.24, 2.45) is 0 Å². The van der Waals surface area contributed by atoms with Crippen molar-refractivity contribution >= 4 is 37.7 Å². The van der Waals surface area contributed by atoms with E-state index in [-0.39, 0.29) is 33.1 Å². The van der Waals surface area contributed by atoms with Crippen LogP contribution in [0.15, 0.2) is 127 Å². The first-order valence-electron chi connectivity index (χ1n) is 17.7. The highest BCUT2D eigenvalue weighted by molar-refractivity contribution is 6.79. The Balaban J connectivity index is 1.29. The number of nitriles is 3.